The number of carbonyl (C=O) groups is 1. The molecule has 0 radical (unpaired) electrons. The number of nitro groups is 2. The Morgan fingerprint density at radius 3 is 2.00 bits per heavy atom. The number of rotatable bonds is 3. The molecular formula is C8H5BrN2O7. The predicted octanol–water partition coefficient (Wildman–Crippen LogP) is 1.98. The Bertz CT molecular complexity index is 542. The fourth-order valence-electron chi connectivity index (χ4n) is 1.35. The number of carboxylic acid groups (broad SMARTS) is 1. The third-order valence-electron chi connectivity index (χ3n) is 2.17. The van der Waals surface area contributed by atoms with E-state index in [1.54, 1.807) is 0 Å². The van der Waals surface area contributed by atoms with Gasteiger partial charge in [0, 0.05) is 5.56 Å². The number of hydrogen-bond acceptors (Lipinski definition) is 6. The number of nitrogens with zero attached hydrogens (tertiary/aromatic N) is 2. The Balaban J connectivity index is 3.99. The van der Waals surface area contributed by atoms with Crippen molar-refractivity contribution < 1.29 is 24.9 Å². The van der Waals surface area contributed by atoms with E-state index in [-0.39, 0.29) is 10.0 Å². The second-order valence-corrected chi connectivity index (χ2v) is 3.97. The van der Waals surface area contributed by atoms with Gasteiger partial charge >= 0.3 is 17.3 Å². The number of aromatic hydroxyl groups is 1. The lowest BCUT2D eigenvalue weighted by atomic mass is 10.1. The van der Waals surface area contributed by atoms with Gasteiger partial charge in [-0.1, -0.05) is 0 Å². The molecule has 0 aromatic heterocycles. The van der Waals surface area contributed by atoms with Gasteiger partial charge in [0.05, 0.1) is 9.85 Å². The van der Waals surface area contributed by atoms with Crippen LogP contribution in [0.5, 0.6) is 5.75 Å². The van der Waals surface area contributed by atoms with Gasteiger partial charge in [-0.25, -0.2) is 4.79 Å². The summed E-state index contributed by atoms with van der Waals surface area (Å²) in [5.41, 5.74) is -3.52. The second-order valence-electron chi connectivity index (χ2n) is 3.18. The molecule has 0 aliphatic heterocycles. The first-order valence-corrected chi connectivity index (χ1v) is 5.06. The lowest BCUT2D eigenvalue weighted by Crippen LogP contribution is -2.09. The molecule has 1 rings (SSSR count). The zero-order valence-corrected chi connectivity index (χ0v) is 10.3. The highest BCUT2D eigenvalue weighted by Crippen LogP contribution is 2.45. The topological polar surface area (TPSA) is 144 Å². The monoisotopic (exact) mass is 320 g/mol. The SMILES string of the molecule is Cc1c(O)c([N+](=O)[O-])c(C(=O)O)c([N+](=O)[O-])c1Br. The van der Waals surface area contributed by atoms with Crippen LogP contribution >= 0.6 is 15.9 Å². The number of carboxylic acids is 1. The molecule has 0 saturated carbocycles. The zero-order valence-electron chi connectivity index (χ0n) is 8.71. The smallest absolute Gasteiger partial charge is 0.350 e. The molecule has 0 bridgehead atoms. The summed E-state index contributed by atoms with van der Waals surface area (Å²) in [4.78, 5) is 30.2. The molecule has 0 spiro atoms. The summed E-state index contributed by atoms with van der Waals surface area (Å²) in [6, 6.07) is 0. The molecule has 10 heteroatoms. The molecule has 0 heterocycles. The van der Waals surface area contributed by atoms with Crippen molar-refractivity contribution in [3.8, 4) is 5.75 Å². The van der Waals surface area contributed by atoms with Gasteiger partial charge in [-0.15, -0.1) is 0 Å². The molecule has 0 atom stereocenters. The Morgan fingerprint density at radius 1 is 1.22 bits per heavy atom. The first-order chi connectivity index (χ1) is 8.20. The van der Waals surface area contributed by atoms with Crippen LogP contribution in [0.1, 0.15) is 15.9 Å². The maximum atomic E-state index is 10.9. The number of phenolic OH excluding ortho intramolecular Hbond substituents is 1. The molecule has 1 aromatic rings. The summed E-state index contributed by atoms with van der Waals surface area (Å²) in [7, 11) is 0. The van der Waals surface area contributed by atoms with Gasteiger partial charge in [0.1, 0.15) is 4.47 Å². The van der Waals surface area contributed by atoms with E-state index < -0.39 is 38.5 Å². The van der Waals surface area contributed by atoms with E-state index in [4.69, 9.17) is 5.11 Å². The van der Waals surface area contributed by atoms with Crippen LogP contribution in [0.2, 0.25) is 0 Å². The van der Waals surface area contributed by atoms with Crippen molar-refractivity contribution in [2.75, 3.05) is 0 Å². The standard InChI is InChI=1S/C8H5BrN2O7/c1-2-4(9)5(10(15)16)3(8(13)14)6(7(2)12)11(17)18/h12H,1H3,(H,13,14). The highest BCUT2D eigenvalue weighted by molar-refractivity contribution is 9.10. The maximum Gasteiger partial charge on any atom is 0.350 e. The van der Waals surface area contributed by atoms with E-state index in [0.29, 0.717) is 0 Å². The lowest BCUT2D eigenvalue weighted by Gasteiger charge is -2.07. The Kier molecular flexibility index (Phi) is 3.51. The van der Waals surface area contributed by atoms with Gasteiger partial charge < -0.3 is 10.2 Å². The molecule has 0 amide bonds. The van der Waals surface area contributed by atoms with Gasteiger partial charge in [-0.3, -0.25) is 20.2 Å². The van der Waals surface area contributed by atoms with Crippen molar-refractivity contribution >= 4 is 33.3 Å². The zero-order chi connectivity index (χ0) is 14.2. The second kappa shape index (κ2) is 4.56. The van der Waals surface area contributed by atoms with Gasteiger partial charge in [-0.05, 0) is 22.9 Å². The average molecular weight is 321 g/mol. The van der Waals surface area contributed by atoms with Crippen LogP contribution in [-0.2, 0) is 0 Å². The van der Waals surface area contributed by atoms with E-state index in [1.165, 1.54) is 6.92 Å². The Morgan fingerprint density at radius 2 is 1.67 bits per heavy atom. The van der Waals surface area contributed by atoms with Crippen LogP contribution in [0.15, 0.2) is 4.47 Å². The molecule has 0 saturated heterocycles. The summed E-state index contributed by atoms with van der Waals surface area (Å²) in [5.74, 6) is -2.79. The van der Waals surface area contributed by atoms with E-state index in [0.717, 1.165) is 0 Å². The highest BCUT2D eigenvalue weighted by atomic mass is 79.9. The molecular weight excluding hydrogens is 316 g/mol. The predicted molar refractivity (Wildman–Crippen MR) is 60.8 cm³/mol. The lowest BCUT2D eigenvalue weighted by molar-refractivity contribution is -0.395. The Hall–Kier alpha value is -2.23. The molecule has 0 unspecified atom stereocenters. The number of aromatic carboxylic acids is 1. The van der Waals surface area contributed by atoms with E-state index in [2.05, 4.69) is 15.9 Å². The van der Waals surface area contributed by atoms with Crippen molar-refractivity contribution in [2.45, 2.75) is 6.92 Å². The number of benzene rings is 1. The minimum absolute atomic E-state index is 0.182. The summed E-state index contributed by atoms with van der Waals surface area (Å²) in [6.45, 7) is 1.19. The summed E-state index contributed by atoms with van der Waals surface area (Å²) in [5, 5.41) is 39.9. The third kappa shape index (κ3) is 1.97. The van der Waals surface area contributed by atoms with Gasteiger partial charge in [0.25, 0.3) is 0 Å². The van der Waals surface area contributed by atoms with Gasteiger partial charge in [-0.2, -0.15) is 0 Å². The van der Waals surface area contributed by atoms with Gasteiger partial charge in [0.15, 0.2) is 5.75 Å². The summed E-state index contributed by atoms with van der Waals surface area (Å²) < 4.78 is -0.312. The van der Waals surface area contributed by atoms with Crippen LogP contribution in [0.25, 0.3) is 0 Å². The minimum Gasteiger partial charge on any atom is -0.502 e. The molecule has 1 aromatic carbocycles. The average Bonchev–Trinajstić information content (AvgIpc) is 2.23. The number of phenols is 1. The normalized spacial score (nSPS) is 10.1. The fourth-order valence-corrected chi connectivity index (χ4v) is 1.88. The van der Waals surface area contributed by atoms with Crippen molar-refractivity contribution in [3.05, 3.63) is 35.8 Å². The molecule has 0 aliphatic carbocycles. The molecule has 0 aliphatic rings. The van der Waals surface area contributed by atoms with Crippen LogP contribution in [0, 0.1) is 27.2 Å². The van der Waals surface area contributed by atoms with E-state index >= 15 is 0 Å². The van der Waals surface area contributed by atoms with Crippen LogP contribution in [-0.4, -0.2) is 26.0 Å². The minimum atomic E-state index is -1.87. The van der Waals surface area contributed by atoms with E-state index in [1.807, 2.05) is 0 Å². The summed E-state index contributed by atoms with van der Waals surface area (Å²) >= 11 is 2.75. The largest absolute Gasteiger partial charge is 0.502 e. The first kappa shape index (κ1) is 13.8. The van der Waals surface area contributed by atoms with Crippen molar-refractivity contribution in [1.82, 2.24) is 0 Å². The molecule has 0 fully saturated rings. The number of hydrogen-bond donors (Lipinski definition) is 2. The van der Waals surface area contributed by atoms with Crippen LogP contribution in [0.4, 0.5) is 11.4 Å². The van der Waals surface area contributed by atoms with Crippen molar-refractivity contribution in [3.63, 3.8) is 0 Å². The van der Waals surface area contributed by atoms with Crippen LogP contribution < -0.4 is 0 Å². The van der Waals surface area contributed by atoms with Gasteiger partial charge in [0.2, 0.25) is 5.56 Å². The molecule has 18 heavy (non-hydrogen) atoms. The third-order valence-corrected chi connectivity index (χ3v) is 3.14. The molecule has 9 nitrogen and oxygen atoms in total. The quantitative estimate of drug-likeness (QED) is 0.639. The number of nitro benzene ring substituents is 2. The Labute approximate surface area is 107 Å². The van der Waals surface area contributed by atoms with Crippen molar-refractivity contribution in [1.29, 1.82) is 0 Å². The van der Waals surface area contributed by atoms with Crippen molar-refractivity contribution in [2.24, 2.45) is 0 Å². The molecule has 2 N–H and O–H groups in total. The van der Waals surface area contributed by atoms with Crippen LogP contribution in [0.3, 0.4) is 0 Å². The summed E-state index contributed by atoms with van der Waals surface area (Å²) in [6.07, 6.45) is 0. The molecule has 96 valence electrons. The fraction of sp³-hybridized carbons (Fsp3) is 0.125. The highest BCUT2D eigenvalue weighted by Gasteiger charge is 2.38. The maximum absolute atomic E-state index is 10.9. The van der Waals surface area contributed by atoms with E-state index in [9.17, 15) is 30.1 Å². The first-order valence-electron chi connectivity index (χ1n) is 4.27. The number of halogens is 1.